The summed E-state index contributed by atoms with van der Waals surface area (Å²) in [6.45, 7) is 5.94. The third-order valence-electron chi connectivity index (χ3n) is 3.76. The maximum Gasteiger partial charge on any atom is 0.0753 e. The molecule has 0 amide bonds. The lowest BCUT2D eigenvalue weighted by Gasteiger charge is -2.26. The van der Waals surface area contributed by atoms with Crippen LogP contribution in [0.2, 0.25) is 0 Å². The van der Waals surface area contributed by atoms with E-state index in [1.165, 1.54) is 31.4 Å². The second kappa shape index (κ2) is 10.3. The largest absolute Gasteiger partial charge is 0.379 e. The second-order valence-electron chi connectivity index (χ2n) is 5.38. The Morgan fingerprint density at radius 3 is 2.90 bits per heavy atom. The van der Waals surface area contributed by atoms with Crippen LogP contribution in [0.3, 0.4) is 0 Å². The van der Waals surface area contributed by atoms with Gasteiger partial charge in [0.25, 0.3) is 0 Å². The highest BCUT2D eigenvalue weighted by Gasteiger charge is 2.15. The van der Waals surface area contributed by atoms with Crippen molar-refractivity contribution in [2.75, 3.05) is 45.1 Å². The van der Waals surface area contributed by atoms with Crippen molar-refractivity contribution >= 4 is 38.8 Å². The Labute approximate surface area is 136 Å². The third-order valence-corrected chi connectivity index (χ3v) is 7.12. The molecule has 2 fully saturated rings. The van der Waals surface area contributed by atoms with Crippen LogP contribution >= 0.6 is 33.8 Å². The fourth-order valence-corrected chi connectivity index (χ4v) is 5.76. The molecular formula is C14H26N2OS3. The molecule has 0 aromatic carbocycles. The standard InChI is InChI=1S/C14H26N2OS3/c18-14(4-2-1-3-13-5-12-19-20-13)15-6-7-16-8-10-17-11-9-16/h13H,1-12H2,(H,15,18). The quantitative estimate of drug-likeness (QED) is 0.416. The van der Waals surface area contributed by atoms with Gasteiger partial charge in [-0.25, -0.2) is 0 Å². The van der Waals surface area contributed by atoms with Crippen LogP contribution in [-0.4, -0.2) is 60.3 Å². The molecular weight excluding hydrogens is 308 g/mol. The number of hydrogen-bond donors (Lipinski definition) is 1. The predicted octanol–water partition coefficient (Wildman–Crippen LogP) is 2.95. The molecule has 0 spiro atoms. The van der Waals surface area contributed by atoms with Crippen LogP contribution in [-0.2, 0) is 4.74 Å². The summed E-state index contributed by atoms with van der Waals surface area (Å²) in [6.07, 6.45) is 6.39. The fraction of sp³-hybridized carbons (Fsp3) is 0.929. The third kappa shape index (κ3) is 6.98. The molecule has 20 heavy (non-hydrogen) atoms. The summed E-state index contributed by atoms with van der Waals surface area (Å²) in [6, 6.07) is 0. The summed E-state index contributed by atoms with van der Waals surface area (Å²) in [5.74, 6) is 1.34. The van der Waals surface area contributed by atoms with Crippen LogP contribution in [0.25, 0.3) is 0 Å². The van der Waals surface area contributed by atoms with E-state index in [4.69, 9.17) is 17.0 Å². The van der Waals surface area contributed by atoms with E-state index in [1.54, 1.807) is 0 Å². The number of morpholine rings is 1. The second-order valence-corrected chi connectivity index (χ2v) is 8.66. The first-order valence-corrected chi connectivity index (χ1v) is 10.5. The highest BCUT2D eigenvalue weighted by molar-refractivity contribution is 8.77. The summed E-state index contributed by atoms with van der Waals surface area (Å²) in [4.78, 5) is 3.49. The molecule has 1 unspecified atom stereocenters. The van der Waals surface area contributed by atoms with Crippen molar-refractivity contribution in [3.05, 3.63) is 0 Å². The van der Waals surface area contributed by atoms with Crippen LogP contribution in [0.1, 0.15) is 32.1 Å². The van der Waals surface area contributed by atoms with E-state index in [9.17, 15) is 0 Å². The van der Waals surface area contributed by atoms with Gasteiger partial charge in [0.1, 0.15) is 0 Å². The molecule has 6 heteroatoms. The molecule has 0 saturated carbocycles. The van der Waals surface area contributed by atoms with Gasteiger partial charge in [0.05, 0.1) is 18.2 Å². The van der Waals surface area contributed by atoms with E-state index in [0.717, 1.165) is 56.1 Å². The van der Waals surface area contributed by atoms with E-state index in [2.05, 4.69) is 21.0 Å². The monoisotopic (exact) mass is 334 g/mol. The molecule has 3 nitrogen and oxygen atoms in total. The Kier molecular flexibility index (Phi) is 8.67. The number of unbranched alkanes of at least 4 members (excludes halogenated alkanes) is 1. The van der Waals surface area contributed by atoms with Gasteiger partial charge in [-0.15, -0.1) is 0 Å². The van der Waals surface area contributed by atoms with Gasteiger partial charge in [-0.3, -0.25) is 4.90 Å². The van der Waals surface area contributed by atoms with Crippen molar-refractivity contribution in [2.45, 2.75) is 37.4 Å². The van der Waals surface area contributed by atoms with Crippen LogP contribution in [0.5, 0.6) is 0 Å². The zero-order chi connectivity index (χ0) is 14.0. The first-order valence-electron chi connectivity index (χ1n) is 7.69. The Bertz CT molecular complexity index is 280. The Morgan fingerprint density at radius 1 is 1.30 bits per heavy atom. The molecule has 2 aliphatic heterocycles. The van der Waals surface area contributed by atoms with E-state index in [0.29, 0.717) is 0 Å². The minimum atomic E-state index is 0.877. The van der Waals surface area contributed by atoms with E-state index in [1.807, 2.05) is 10.8 Å². The minimum Gasteiger partial charge on any atom is -0.379 e. The van der Waals surface area contributed by atoms with Crippen LogP contribution in [0, 0.1) is 0 Å². The average molecular weight is 335 g/mol. The van der Waals surface area contributed by atoms with Crippen molar-refractivity contribution in [3.8, 4) is 0 Å². The zero-order valence-electron chi connectivity index (χ0n) is 12.1. The number of thiocarbonyl (C=S) groups is 1. The van der Waals surface area contributed by atoms with Gasteiger partial charge in [-0.2, -0.15) is 0 Å². The summed E-state index contributed by atoms with van der Waals surface area (Å²) in [5.41, 5.74) is 0. The van der Waals surface area contributed by atoms with Gasteiger partial charge < -0.3 is 10.1 Å². The SMILES string of the molecule is S=C(CCCCC1CCSS1)NCCN1CCOCC1. The van der Waals surface area contributed by atoms with Gasteiger partial charge in [-0.1, -0.05) is 40.2 Å². The fourth-order valence-electron chi connectivity index (χ4n) is 2.49. The number of hydrogen-bond acceptors (Lipinski definition) is 5. The van der Waals surface area contributed by atoms with E-state index >= 15 is 0 Å². The molecule has 116 valence electrons. The average Bonchev–Trinajstić information content (AvgIpc) is 2.98. The maximum absolute atomic E-state index is 5.41. The number of nitrogens with one attached hydrogen (secondary N) is 1. The Balaban J connectivity index is 1.41. The van der Waals surface area contributed by atoms with Crippen molar-refractivity contribution in [2.24, 2.45) is 0 Å². The maximum atomic E-state index is 5.41. The van der Waals surface area contributed by atoms with Crippen molar-refractivity contribution in [1.82, 2.24) is 10.2 Å². The van der Waals surface area contributed by atoms with E-state index in [-0.39, 0.29) is 0 Å². The highest BCUT2D eigenvalue weighted by Crippen LogP contribution is 2.39. The summed E-state index contributed by atoms with van der Waals surface area (Å²) < 4.78 is 5.34. The molecule has 0 bridgehead atoms. The smallest absolute Gasteiger partial charge is 0.0753 e. The Morgan fingerprint density at radius 2 is 2.15 bits per heavy atom. The predicted molar refractivity (Wildman–Crippen MR) is 94.8 cm³/mol. The number of ether oxygens (including phenoxy) is 1. The van der Waals surface area contributed by atoms with Gasteiger partial charge in [0, 0.05) is 37.2 Å². The first-order chi connectivity index (χ1) is 9.84. The Hall–Kier alpha value is 0.510. The molecule has 0 aromatic heterocycles. The molecule has 1 atom stereocenters. The van der Waals surface area contributed by atoms with E-state index < -0.39 is 0 Å². The van der Waals surface area contributed by atoms with Crippen molar-refractivity contribution in [3.63, 3.8) is 0 Å². The van der Waals surface area contributed by atoms with Gasteiger partial charge in [-0.05, 0) is 25.7 Å². The zero-order valence-corrected chi connectivity index (χ0v) is 14.6. The first kappa shape index (κ1) is 16.9. The normalized spacial score (nSPS) is 23.9. The van der Waals surface area contributed by atoms with Crippen LogP contribution in [0.4, 0.5) is 0 Å². The van der Waals surface area contributed by atoms with Crippen LogP contribution < -0.4 is 5.32 Å². The molecule has 0 aromatic rings. The van der Waals surface area contributed by atoms with Crippen LogP contribution in [0.15, 0.2) is 0 Å². The molecule has 2 aliphatic rings. The van der Waals surface area contributed by atoms with Crippen molar-refractivity contribution < 1.29 is 4.74 Å². The molecule has 2 rings (SSSR count). The minimum absolute atomic E-state index is 0.877. The summed E-state index contributed by atoms with van der Waals surface area (Å²) >= 11 is 5.41. The molecule has 0 radical (unpaired) electrons. The summed E-state index contributed by atoms with van der Waals surface area (Å²) in [7, 11) is 4.12. The van der Waals surface area contributed by atoms with Gasteiger partial charge in [0.2, 0.25) is 0 Å². The molecule has 2 heterocycles. The van der Waals surface area contributed by atoms with Gasteiger partial charge >= 0.3 is 0 Å². The van der Waals surface area contributed by atoms with Crippen molar-refractivity contribution in [1.29, 1.82) is 0 Å². The molecule has 2 saturated heterocycles. The number of nitrogens with zero attached hydrogens (tertiary/aromatic N) is 1. The topological polar surface area (TPSA) is 24.5 Å². The lowest BCUT2D eigenvalue weighted by Crippen LogP contribution is -2.41. The lowest BCUT2D eigenvalue weighted by atomic mass is 10.1. The number of rotatable bonds is 8. The molecule has 1 N–H and O–H groups in total. The van der Waals surface area contributed by atoms with Gasteiger partial charge in [0.15, 0.2) is 0 Å². The summed E-state index contributed by atoms with van der Waals surface area (Å²) in [5, 5.41) is 4.30. The molecule has 0 aliphatic carbocycles. The highest BCUT2D eigenvalue weighted by atomic mass is 33.1. The lowest BCUT2D eigenvalue weighted by molar-refractivity contribution is 0.0389.